The molecule has 0 aliphatic heterocycles. The zero-order chi connectivity index (χ0) is 33.7. The molecule has 8 aromatic rings. The van der Waals surface area contributed by atoms with Gasteiger partial charge in [0.05, 0.1) is 0 Å². The number of allylic oxidation sites excluding steroid dienone is 5. The summed E-state index contributed by atoms with van der Waals surface area (Å²) >= 11 is 1.92. The van der Waals surface area contributed by atoms with E-state index in [1.165, 1.54) is 53.0 Å². The predicted octanol–water partition coefficient (Wildman–Crippen LogP) is 14.1. The third-order valence-electron chi connectivity index (χ3n) is 10.9. The van der Waals surface area contributed by atoms with Crippen LogP contribution < -0.4 is 4.90 Å². The van der Waals surface area contributed by atoms with Crippen LogP contribution in [0.5, 0.6) is 0 Å². The second-order valence-corrected chi connectivity index (χ2v) is 15.0. The van der Waals surface area contributed by atoms with Crippen LogP contribution in [-0.4, -0.2) is 0 Å². The van der Waals surface area contributed by atoms with E-state index in [1.807, 2.05) is 11.3 Å². The fourth-order valence-electron chi connectivity index (χ4n) is 8.46. The zero-order valence-corrected chi connectivity index (χ0v) is 29.2. The summed E-state index contributed by atoms with van der Waals surface area (Å²) in [4.78, 5) is 2.32. The van der Waals surface area contributed by atoms with Gasteiger partial charge in [0.25, 0.3) is 0 Å². The van der Waals surface area contributed by atoms with Crippen molar-refractivity contribution in [1.29, 1.82) is 0 Å². The molecule has 2 atom stereocenters. The van der Waals surface area contributed by atoms with E-state index in [-0.39, 0.29) is 0 Å². The Morgan fingerprint density at radius 2 is 1.37 bits per heavy atom. The minimum atomic E-state index is 0.296. The fourth-order valence-corrected chi connectivity index (χ4v) is 9.68. The van der Waals surface area contributed by atoms with E-state index in [0.717, 1.165) is 54.1 Å². The monoisotopic (exact) mass is 675 g/mol. The van der Waals surface area contributed by atoms with Crippen molar-refractivity contribution in [2.45, 2.75) is 31.6 Å². The molecular formula is C48H37NOS. The van der Waals surface area contributed by atoms with Crippen LogP contribution in [-0.2, 0) is 6.42 Å². The number of furan rings is 1. The first-order chi connectivity index (χ1) is 25.3. The van der Waals surface area contributed by atoms with Gasteiger partial charge in [-0.2, -0.15) is 0 Å². The topological polar surface area (TPSA) is 16.4 Å². The Kier molecular flexibility index (Phi) is 7.46. The average Bonchev–Trinajstić information content (AvgIpc) is 3.76. The van der Waals surface area contributed by atoms with Crippen molar-refractivity contribution >= 4 is 76.4 Å². The Labute approximate surface area is 302 Å². The number of benzene rings is 6. The highest BCUT2D eigenvalue weighted by Gasteiger charge is 2.30. The van der Waals surface area contributed by atoms with Gasteiger partial charge < -0.3 is 9.32 Å². The molecule has 2 unspecified atom stereocenters. The first-order valence-corrected chi connectivity index (χ1v) is 18.9. The van der Waals surface area contributed by atoms with Crippen molar-refractivity contribution in [2.24, 2.45) is 5.92 Å². The molecule has 10 rings (SSSR count). The molecule has 3 heteroatoms. The third kappa shape index (κ3) is 5.32. The second-order valence-electron chi connectivity index (χ2n) is 13.9. The van der Waals surface area contributed by atoms with Gasteiger partial charge in [0, 0.05) is 54.6 Å². The van der Waals surface area contributed by atoms with Crippen LogP contribution in [0.15, 0.2) is 168 Å². The van der Waals surface area contributed by atoms with Gasteiger partial charge in [-0.25, -0.2) is 0 Å². The van der Waals surface area contributed by atoms with Crippen molar-refractivity contribution in [1.82, 2.24) is 0 Å². The minimum absolute atomic E-state index is 0.296. The van der Waals surface area contributed by atoms with Crippen LogP contribution in [0.4, 0.5) is 17.1 Å². The predicted molar refractivity (Wildman–Crippen MR) is 218 cm³/mol. The molecule has 0 amide bonds. The van der Waals surface area contributed by atoms with Crippen LogP contribution in [0, 0.1) is 5.92 Å². The van der Waals surface area contributed by atoms with Crippen molar-refractivity contribution in [3.8, 4) is 0 Å². The van der Waals surface area contributed by atoms with Gasteiger partial charge in [-0.05, 0) is 102 Å². The molecule has 0 spiro atoms. The molecule has 2 aromatic heterocycles. The summed E-state index contributed by atoms with van der Waals surface area (Å²) in [7, 11) is 0. The third-order valence-corrected chi connectivity index (χ3v) is 12.1. The normalized spacial score (nSPS) is 16.2. The molecule has 6 aromatic carbocycles. The highest BCUT2D eigenvalue weighted by Crippen LogP contribution is 2.47. The van der Waals surface area contributed by atoms with Crippen LogP contribution in [0.1, 0.15) is 42.1 Å². The Balaban J connectivity index is 1.09. The molecule has 0 saturated heterocycles. The first-order valence-electron chi connectivity index (χ1n) is 18.1. The van der Waals surface area contributed by atoms with E-state index >= 15 is 0 Å². The smallest absolute Gasteiger partial charge is 0.135 e. The molecule has 0 bridgehead atoms. The number of thiophene rings is 1. The number of nitrogens with zero attached hydrogens (tertiary/aromatic N) is 1. The summed E-state index contributed by atoms with van der Waals surface area (Å²) in [5.41, 5.74) is 8.43. The quantitative estimate of drug-likeness (QED) is 0.167. The Morgan fingerprint density at radius 1 is 0.647 bits per heavy atom. The van der Waals surface area contributed by atoms with Gasteiger partial charge in [0.2, 0.25) is 0 Å². The Hall–Kier alpha value is -5.64. The molecule has 0 fully saturated rings. The highest BCUT2D eigenvalue weighted by molar-refractivity contribution is 7.26. The van der Waals surface area contributed by atoms with E-state index in [4.69, 9.17) is 4.42 Å². The molecule has 0 saturated carbocycles. The summed E-state index contributed by atoms with van der Waals surface area (Å²) in [6.07, 6.45) is 16.1. The molecule has 0 radical (unpaired) electrons. The van der Waals surface area contributed by atoms with Crippen molar-refractivity contribution in [3.63, 3.8) is 0 Å². The molecular weight excluding hydrogens is 639 g/mol. The average molecular weight is 676 g/mol. The summed E-state index contributed by atoms with van der Waals surface area (Å²) < 4.78 is 9.49. The second kappa shape index (κ2) is 12.6. The number of hydrogen-bond acceptors (Lipinski definition) is 3. The lowest BCUT2D eigenvalue weighted by Gasteiger charge is -2.29. The standard InChI is InChI=1S/C48H37NOS/c1-4-14-32(15-5-1)28-41(42-31-44-39-21-12-13-23-47(39)51-48(44)40-22-11-10-20-37(40)42)33-24-26-38-43-30-36(25-27-45(43)50-46(38)29-33)49(34-16-6-2-7-17-34)35-18-8-3-9-19-35/h2-4,6-27,30-31,33,41H,1,5,28-29H2. The largest absolute Gasteiger partial charge is 0.460 e. The van der Waals surface area contributed by atoms with E-state index in [2.05, 4.69) is 169 Å². The van der Waals surface area contributed by atoms with Gasteiger partial charge in [0.15, 0.2) is 0 Å². The lowest BCUT2D eigenvalue weighted by molar-refractivity contribution is 0.444. The number of hydrogen-bond donors (Lipinski definition) is 0. The van der Waals surface area contributed by atoms with E-state index in [1.54, 1.807) is 0 Å². The molecule has 2 nitrogen and oxygen atoms in total. The van der Waals surface area contributed by atoms with Crippen LogP contribution in [0.3, 0.4) is 0 Å². The number of rotatable bonds is 7. The number of fused-ring (bicyclic) bond motifs is 8. The minimum Gasteiger partial charge on any atom is -0.460 e. The van der Waals surface area contributed by atoms with Gasteiger partial charge in [-0.3, -0.25) is 0 Å². The highest BCUT2D eigenvalue weighted by atomic mass is 32.1. The van der Waals surface area contributed by atoms with E-state index in [9.17, 15) is 0 Å². The van der Waals surface area contributed by atoms with Crippen LogP contribution >= 0.6 is 11.3 Å². The summed E-state index contributed by atoms with van der Waals surface area (Å²) in [5.74, 6) is 1.68. The first kappa shape index (κ1) is 30.2. The van der Waals surface area contributed by atoms with Crippen LogP contribution in [0.25, 0.3) is 48.0 Å². The lowest BCUT2D eigenvalue weighted by atomic mass is 9.75. The van der Waals surface area contributed by atoms with Crippen molar-refractivity contribution in [2.75, 3.05) is 4.90 Å². The summed E-state index contributed by atoms with van der Waals surface area (Å²) in [5, 5.41) is 6.63. The molecule has 51 heavy (non-hydrogen) atoms. The SMILES string of the molecule is C1=CC(CC(c2cc3c4ccccc4sc3c3ccccc23)C2C=Cc3c(oc4ccc(N(c5ccccc5)c5ccccc5)cc34)C2)=CCC1. The van der Waals surface area contributed by atoms with Gasteiger partial charge >= 0.3 is 0 Å². The molecule has 246 valence electrons. The molecule has 2 aliphatic carbocycles. The van der Waals surface area contributed by atoms with Crippen molar-refractivity contribution < 1.29 is 4.42 Å². The molecule has 2 heterocycles. The molecule has 2 aliphatic rings. The maximum atomic E-state index is 6.75. The number of para-hydroxylation sites is 2. The Morgan fingerprint density at radius 3 is 2.14 bits per heavy atom. The summed E-state index contributed by atoms with van der Waals surface area (Å²) in [6, 6.07) is 48.4. The van der Waals surface area contributed by atoms with Crippen molar-refractivity contribution in [3.05, 3.63) is 180 Å². The lowest BCUT2D eigenvalue weighted by Crippen LogP contribution is -2.17. The van der Waals surface area contributed by atoms with Gasteiger partial charge in [0.1, 0.15) is 11.3 Å². The maximum Gasteiger partial charge on any atom is 0.135 e. The summed E-state index contributed by atoms with van der Waals surface area (Å²) in [6.45, 7) is 0. The van der Waals surface area contributed by atoms with E-state index < -0.39 is 0 Å². The maximum absolute atomic E-state index is 6.75. The van der Waals surface area contributed by atoms with Gasteiger partial charge in [-0.1, -0.05) is 115 Å². The zero-order valence-electron chi connectivity index (χ0n) is 28.3. The fraction of sp³-hybridized carbons (Fsp3) is 0.125. The molecule has 0 N–H and O–H groups in total. The number of anilines is 3. The van der Waals surface area contributed by atoms with E-state index in [0.29, 0.717) is 11.8 Å². The van der Waals surface area contributed by atoms with Gasteiger partial charge in [-0.15, -0.1) is 11.3 Å². The Bertz CT molecular complexity index is 2620. The van der Waals surface area contributed by atoms with Crippen LogP contribution in [0.2, 0.25) is 0 Å².